The molecule has 0 aromatic carbocycles. The van der Waals surface area contributed by atoms with Crippen LogP contribution in [-0.4, -0.2) is 42.5 Å². The van der Waals surface area contributed by atoms with Crippen LogP contribution in [0.5, 0.6) is 0 Å². The highest BCUT2D eigenvalue weighted by Crippen LogP contribution is 2.21. The highest BCUT2D eigenvalue weighted by Gasteiger charge is 2.24. The maximum Gasteiger partial charge on any atom is 0.123 e. The van der Waals surface area contributed by atoms with Gasteiger partial charge in [-0.05, 0) is 25.9 Å². The minimum atomic E-state index is -0.0198. The molecule has 0 aromatic heterocycles. The summed E-state index contributed by atoms with van der Waals surface area (Å²) in [6.07, 6.45) is 3.03. The molecular weight excluding hydrogens is 178 g/mol. The molecule has 1 N–H and O–H groups in total. The Morgan fingerprint density at radius 3 is 2.43 bits per heavy atom. The lowest BCUT2D eigenvalue weighted by molar-refractivity contribution is -0.112. The first-order valence-electron chi connectivity index (χ1n) is 5.36. The number of carbonyl (C=O) groups is 1. The normalized spacial score (nSPS) is 21.1. The molecule has 0 atom stereocenters. The minimum Gasteiger partial charge on any atom is -0.396 e. The summed E-state index contributed by atoms with van der Waals surface area (Å²) in [6.45, 7) is 7.27. The SMILES string of the molecule is CC(C)(CO)CN1CCC(C=O)CC1. The van der Waals surface area contributed by atoms with Gasteiger partial charge in [-0.2, -0.15) is 0 Å². The summed E-state index contributed by atoms with van der Waals surface area (Å²) < 4.78 is 0. The quantitative estimate of drug-likeness (QED) is 0.684. The molecule has 3 nitrogen and oxygen atoms in total. The zero-order chi connectivity index (χ0) is 10.6. The molecule has 82 valence electrons. The first kappa shape index (κ1) is 11.7. The van der Waals surface area contributed by atoms with E-state index < -0.39 is 0 Å². The van der Waals surface area contributed by atoms with Gasteiger partial charge in [0.15, 0.2) is 0 Å². The number of hydrogen-bond acceptors (Lipinski definition) is 3. The van der Waals surface area contributed by atoms with Gasteiger partial charge in [0.2, 0.25) is 0 Å². The van der Waals surface area contributed by atoms with Crippen LogP contribution in [0.3, 0.4) is 0 Å². The summed E-state index contributed by atoms with van der Waals surface area (Å²) in [7, 11) is 0. The van der Waals surface area contributed by atoms with E-state index in [9.17, 15) is 4.79 Å². The molecule has 0 unspecified atom stereocenters. The lowest BCUT2D eigenvalue weighted by atomic mass is 9.91. The van der Waals surface area contributed by atoms with Gasteiger partial charge < -0.3 is 14.8 Å². The smallest absolute Gasteiger partial charge is 0.123 e. The van der Waals surface area contributed by atoms with E-state index in [2.05, 4.69) is 18.7 Å². The van der Waals surface area contributed by atoms with Gasteiger partial charge >= 0.3 is 0 Å². The van der Waals surface area contributed by atoms with Gasteiger partial charge in [0.05, 0.1) is 0 Å². The maximum absolute atomic E-state index is 10.5. The van der Waals surface area contributed by atoms with Gasteiger partial charge in [-0.3, -0.25) is 0 Å². The lowest BCUT2D eigenvalue weighted by Gasteiger charge is -2.35. The van der Waals surface area contributed by atoms with Gasteiger partial charge in [0.1, 0.15) is 6.29 Å². The van der Waals surface area contributed by atoms with Crippen molar-refractivity contribution in [3.05, 3.63) is 0 Å². The van der Waals surface area contributed by atoms with E-state index >= 15 is 0 Å². The summed E-state index contributed by atoms with van der Waals surface area (Å²) >= 11 is 0. The topological polar surface area (TPSA) is 40.5 Å². The number of rotatable bonds is 4. The van der Waals surface area contributed by atoms with Crippen molar-refractivity contribution < 1.29 is 9.90 Å². The third kappa shape index (κ3) is 3.39. The number of nitrogens with zero attached hydrogens (tertiary/aromatic N) is 1. The van der Waals surface area contributed by atoms with Crippen molar-refractivity contribution in [2.24, 2.45) is 11.3 Å². The predicted molar refractivity (Wildman–Crippen MR) is 56.1 cm³/mol. The van der Waals surface area contributed by atoms with E-state index in [1.165, 1.54) is 0 Å². The molecule has 0 aromatic rings. The Labute approximate surface area is 86.1 Å². The summed E-state index contributed by atoms with van der Waals surface area (Å²) in [5.74, 6) is 0.267. The van der Waals surface area contributed by atoms with Crippen molar-refractivity contribution in [1.82, 2.24) is 4.90 Å². The average molecular weight is 199 g/mol. The molecule has 0 bridgehead atoms. The third-order valence-electron chi connectivity index (χ3n) is 2.90. The number of piperidine rings is 1. The molecule has 1 aliphatic rings. The van der Waals surface area contributed by atoms with Crippen LogP contribution in [0.25, 0.3) is 0 Å². The van der Waals surface area contributed by atoms with Gasteiger partial charge in [0, 0.05) is 24.5 Å². The highest BCUT2D eigenvalue weighted by atomic mass is 16.3. The van der Waals surface area contributed by atoms with E-state index in [0.29, 0.717) is 0 Å². The minimum absolute atomic E-state index is 0.0198. The maximum atomic E-state index is 10.5. The van der Waals surface area contributed by atoms with Crippen LogP contribution >= 0.6 is 0 Å². The lowest BCUT2D eigenvalue weighted by Crippen LogP contribution is -2.41. The molecule has 14 heavy (non-hydrogen) atoms. The first-order valence-corrected chi connectivity index (χ1v) is 5.36. The van der Waals surface area contributed by atoms with Crippen molar-refractivity contribution in [2.75, 3.05) is 26.2 Å². The molecule has 3 heteroatoms. The molecule has 1 saturated heterocycles. The zero-order valence-electron chi connectivity index (χ0n) is 9.20. The Hall–Kier alpha value is -0.410. The van der Waals surface area contributed by atoms with Crippen LogP contribution < -0.4 is 0 Å². The van der Waals surface area contributed by atoms with Crippen molar-refractivity contribution in [1.29, 1.82) is 0 Å². The largest absolute Gasteiger partial charge is 0.396 e. The number of aliphatic hydroxyl groups excluding tert-OH is 1. The molecule has 1 fully saturated rings. The fourth-order valence-corrected chi connectivity index (χ4v) is 1.90. The Morgan fingerprint density at radius 2 is 2.00 bits per heavy atom. The average Bonchev–Trinajstić information content (AvgIpc) is 2.19. The number of hydrogen-bond donors (Lipinski definition) is 1. The molecule has 0 radical (unpaired) electrons. The molecule has 0 saturated carbocycles. The second-order valence-corrected chi connectivity index (χ2v) is 5.07. The molecule has 0 spiro atoms. The number of aliphatic hydroxyl groups is 1. The van der Waals surface area contributed by atoms with Gasteiger partial charge in [0.25, 0.3) is 0 Å². The van der Waals surface area contributed by atoms with Crippen LogP contribution in [0.4, 0.5) is 0 Å². The van der Waals surface area contributed by atoms with Crippen LogP contribution in [0, 0.1) is 11.3 Å². The molecule has 0 aliphatic carbocycles. The van der Waals surface area contributed by atoms with Gasteiger partial charge in [-0.25, -0.2) is 0 Å². The zero-order valence-corrected chi connectivity index (χ0v) is 9.20. The summed E-state index contributed by atoms with van der Waals surface area (Å²) in [4.78, 5) is 12.9. The summed E-state index contributed by atoms with van der Waals surface area (Å²) in [5, 5.41) is 9.14. The number of likely N-dealkylation sites (tertiary alicyclic amines) is 1. The Bertz CT molecular complexity index is 184. The van der Waals surface area contributed by atoms with E-state index in [4.69, 9.17) is 5.11 Å². The molecule has 1 aliphatic heterocycles. The Kier molecular flexibility index (Phi) is 4.08. The van der Waals surface area contributed by atoms with Crippen LogP contribution in [0.2, 0.25) is 0 Å². The highest BCUT2D eigenvalue weighted by molar-refractivity contribution is 5.53. The summed E-state index contributed by atoms with van der Waals surface area (Å²) in [6, 6.07) is 0. The van der Waals surface area contributed by atoms with Crippen molar-refractivity contribution >= 4 is 6.29 Å². The number of aldehydes is 1. The second kappa shape index (κ2) is 4.89. The fraction of sp³-hybridized carbons (Fsp3) is 0.909. The van der Waals surface area contributed by atoms with Crippen molar-refractivity contribution in [3.63, 3.8) is 0 Å². The summed E-state index contributed by atoms with van der Waals surface area (Å²) in [5.41, 5.74) is -0.0198. The van der Waals surface area contributed by atoms with Gasteiger partial charge in [-0.15, -0.1) is 0 Å². The molecular formula is C11H21NO2. The molecule has 1 rings (SSSR count). The third-order valence-corrected chi connectivity index (χ3v) is 2.90. The predicted octanol–water partition coefficient (Wildman–Crippen LogP) is 0.916. The fourth-order valence-electron chi connectivity index (χ4n) is 1.90. The van der Waals surface area contributed by atoms with Crippen molar-refractivity contribution in [3.8, 4) is 0 Å². The van der Waals surface area contributed by atoms with Crippen molar-refractivity contribution in [2.45, 2.75) is 26.7 Å². The number of carbonyl (C=O) groups excluding carboxylic acids is 1. The standard InChI is InChI=1S/C11H21NO2/c1-11(2,9-14)8-12-5-3-10(7-13)4-6-12/h7,10,14H,3-6,8-9H2,1-2H3. The van der Waals surface area contributed by atoms with E-state index in [1.807, 2.05) is 0 Å². The molecule has 1 heterocycles. The van der Waals surface area contributed by atoms with Crippen LogP contribution in [0.1, 0.15) is 26.7 Å². The van der Waals surface area contributed by atoms with E-state index in [1.54, 1.807) is 0 Å². The monoisotopic (exact) mass is 199 g/mol. The Balaban J connectivity index is 2.32. The van der Waals surface area contributed by atoms with Gasteiger partial charge in [-0.1, -0.05) is 13.8 Å². The Morgan fingerprint density at radius 1 is 1.43 bits per heavy atom. The second-order valence-electron chi connectivity index (χ2n) is 5.07. The van der Waals surface area contributed by atoms with Crippen LogP contribution in [0.15, 0.2) is 0 Å². The first-order chi connectivity index (χ1) is 6.57. The van der Waals surface area contributed by atoms with E-state index in [0.717, 1.165) is 38.8 Å². The molecule has 0 amide bonds. The van der Waals surface area contributed by atoms with Crippen LogP contribution in [-0.2, 0) is 4.79 Å². The van der Waals surface area contributed by atoms with E-state index in [-0.39, 0.29) is 17.9 Å².